The molecule has 0 aliphatic rings. The van der Waals surface area contributed by atoms with Crippen molar-refractivity contribution in [1.82, 2.24) is 20.7 Å². The van der Waals surface area contributed by atoms with E-state index in [4.69, 9.17) is 8.94 Å². The van der Waals surface area contributed by atoms with E-state index >= 15 is 0 Å². The molecule has 0 saturated carbocycles. The van der Waals surface area contributed by atoms with Crippen LogP contribution in [0.5, 0.6) is 0 Å². The zero-order valence-electron chi connectivity index (χ0n) is 14.1. The summed E-state index contributed by atoms with van der Waals surface area (Å²) in [4.78, 5) is 11.9. The summed E-state index contributed by atoms with van der Waals surface area (Å²) < 4.78 is 10.5. The Labute approximate surface area is 145 Å². The Bertz CT molecular complexity index is 811. The molecule has 1 aromatic carbocycles. The van der Waals surface area contributed by atoms with Crippen LogP contribution in [0.4, 0.5) is 0 Å². The van der Waals surface area contributed by atoms with Crippen molar-refractivity contribution in [3.63, 3.8) is 0 Å². The Balaban J connectivity index is 1.37. The van der Waals surface area contributed by atoms with Gasteiger partial charge in [-0.05, 0) is 25.3 Å². The second kappa shape index (κ2) is 8.23. The van der Waals surface area contributed by atoms with Gasteiger partial charge in [-0.15, -0.1) is 10.2 Å². The largest absolute Gasteiger partial charge is 0.419 e. The van der Waals surface area contributed by atoms with Gasteiger partial charge in [0.05, 0.1) is 0 Å². The summed E-state index contributed by atoms with van der Waals surface area (Å²) >= 11 is 0. The molecule has 7 heteroatoms. The van der Waals surface area contributed by atoms with Gasteiger partial charge in [0.1, 0.15) is 5.76 Å². The van der Waals surface area contributed by atoms with Crippen molar-refractivity contribution >= 4 is 5.91 Å². The fraction of sp³-hybridized carbons (Fsp3) is 0.333. The maximum Gasteiger partial charge on any atom is 0.269 e. The van der Waals surface area contributed by atoms with Crippen LogP contribution in [0.2, 0.25) is 0 Å². The molecule has 0 atom stereocenters. The first-order chi connectivity index (χ1) is 12.2. The lowest BCUT2D eigenvalue weighted by Crippen LogP contribution is -2.25. The Morgan fingerprint density at radius 2 is 2.00 bits per heavy atom. The van der Waals surface area contributed by atoms with Crippen LogP contribution in [0.15, 0.2) is 45.3 Å². The predicted octanol–water partition coefficient (Wildman–Crippen LogP) is 2.71. The smallest absolute Gasteiger partial charge is 0.269 e. The molecule has 25 heavy (non-hydrogen) atoms. The number of benzene rings is 1. The molecule has 0 aliphatic heterocycles. The van der Waals surface area contributed by atoms with Gasteiger partial charge in [0.25, 0.3) is 5.89 Å². The van der Waals surface area contributed by atoms with Crippen LogP contribution < -0.4 is 5.32 Å². The molecule has 0 fully saturated rings. The summed E-state index contributed by atoms with van der Waals surface area (Å²) in [6.07, 6.45) is 2.57. The quantitative estimate of drug-likeness (QED) is 0.634. The highest BCUT2D eigenvalue weighted by atomic mass is 16.5. The molecular formula is C18H20N4O3. The zero-order chi connectivity index (χ0) is 17.5. The number of rotatable bonds is 8. The van der Waals surface area contributed by atoms with Crippen LogP contribution in [0, 0.1) is 6.92 Å². The summed E-state index contributed by atoms with van der Waals surface area (Å²) in [5.74, 6) is 1.36. The van der Waals surface area contributed by atoms with Gasteiger partial charge in [0.15, 0.2) is 5.69 Å². The van der Waals surface area contributed by atoms with Gasteiger partial charge in [-0.3, -0.25) is 4.79 Å². The number of aryl methyl sites for hydroxylation is 3. The number of amides is 1. The maximum atomic E-state index is 11.9. The van der Waals surface area contributed by atoms with Gasteiger partial charge in [0.2, 0.25) is 11.8 Å². The SMILES string of the molecule is Cc1cc(-c2nnc(CCC(=O)NCCCc3ccccc3)o2)no1. The second-order valence-electron chi connectivity index (χ2n) is 5.76. The van der Waals surface area contributed by atoms with Gasteiger partial charge in [-0.1, -0.05) is 35.5 Å². The topological polar surface area (TPSA) is 94.1 Å². The summed E-state index contributed by atoms with van der Waals surface area (Å²) in [7, 11) is 0. The molecule has 0 saturated heterocycles. The van der Waals surface area contributed by atoms with Gasteiger partial charge in [0, 0.05) is 25.5 Å². The van der Waals surface area contributed by atoms with Gasteiger partial charge in [-0.2, -0.15) is 0 Å². The molecule has 3 aromatic rings. The van der Waals surface area contributed by atoms with E-state index in [-0.39, 0.29) is 5.91 Å². The molecule has 1 amide bonds. The lowest BCUT2D eigenvalue weighted by Gasteiger charge is -2.04. The Morgan fingerprint density at radius 3 is 2.76 bits per heavy atom. The lowest BCUT2D eigenvalue weighted by molar-refractivity contribution is -0.121. The number of hydrogen-bond donors (Lipinski definition) is 1. The van der Waals surface area contributed by atoms with E-state index in [0.717, 1.165) is 12.8 Å². The Hall–Kier alpha value is -2.96. The van der Waals surface area contributed by atoms with Gasteiger partial charge < -0.3 is 14.3 Å². The third kappa shape index (κ3) is 5.00. The van der Waals surface area contributed by atoms with E-state index in [1.165, 1.54) is 5.56 Å². The molecule has 0 unspecified atom stereocenters. The summed E-state index contributed by atoms with van der Waals surface area (Å²) in [6, 6.07) is 11.9. The van der Waals surface area contributed by atoms with Crippen molar-refractivity contribution in [2.24, 2.45) is 0 Å². The number of hydrogen-bond acceptors (Lipinski definition) is 6. The van der Waals surface area contributed by atoms with E-state index in [2.05, 4.69) is 32.8 Å². The number of carbonyl (C=O) groups excluding carboxylic acids is 1. The van der Waals surface area contributed by atoms with E-state index in [1.807, 2.05) is 18.2 Å². The summed E-state index contributed by atoms with van der Waals surface area (Å²) in [5.41, 5.74) is 1.78. The first-order valence-electron chi connectivity index (χ1n) is 8.27. The summed E-state index contributed by atoms with van der Waals surface area (Å²) in [6.45, 7) is 2.44. The fourth-order valence-corrected chi connectivity index (χ4v) is 2.40. The normalized spacial score (nSPS) is 10.8. The van der Waals surface area contributed by atoms with Crippen LogP contribution in [0.25, 0.3) is 11.6 Å². The molecule has 0 spiro atoms. The number of aromatic nitrogens is 3. The minimum atomic E-state index is -0.0231. The number of nitrogens with zero attached hydrogens (tertiary/aromatic N) is 3. The maximum absolute atomic E-state index is 11.9. The van der Waals surface area contributed by atoms with E-state index in [1.54, 1.807) is 13.0 Å². The molecule has 130 valence electrons. The second-order valence-corrected chi connectivity index (χ2v) is 5.76. The third-order valence-corrected chi connectivity index (χ3v) is 3.69. The average molecular weight is 340 g/mol. The van der Waals surface area contributed by atoms with Crippen LogP contribution >= 0.6 is 0 Å². The van der Waals surface area contributed by atoms with Crippen molar-refractivity contribution in [2.75, 3.05) is 6.54 Å². The van der Waals surface area contributed by atoms with Crippen molar-refractivity contribution in [1.29, 1.82) is 0 Å². The van der Waals surface area contributed by atoms with Gasteiger partial charge in [-0.25, -0.2) is 0 Å². The van der Waals surface area contributed by atoms with Crippen molar-refractivity contribution in [2.45, 2.75) is 32.6 Å². The zero-order valence-corrected chi connectivity index (χ0v) is 14.1. The molecule has 0 bridgehead atoms. The molecule has 7 nitrogen and oxygen atoms in total. The Morgan fingerprint density at radius 1 is 1.16 bits per heavy atom. The van der Waals surface area contributed by atoms with Crippen LogP contribution in [-0.2, 0) is 17.6 Å². The first-order valence-corrected chi connectivity index (χ1v) is 8.27. The fourth-order valence-electron chi connectivity index (χ4n) is 2.40. The predicted molar refractivity (Wildman–Crippen MR) is 90.6 cm³/mol. The lowest BCUT2D eigenvalue weighted by atomic mass is 10.1. The highest BCUT2D eigenvalue weighted by Gasteiger charge is 2.13. The molecule has 0 radical (unpaired) electrons. The van der Waals surface area contributed by atoms with Crippen molar-refractivity contribution in [3.05, 3.63) is 53.6 Å². The monoisotopic (exact) mass is 340 g/mol. The van der Waals surface area contributed by atoms with Crippen LogP contribution in [-0.4, -0.2) is 27.8 Å². The standard InChI is InChI=1S/C18H20N4O3/c1-13-12-15(22-25-13)18-21-20-17(24-18)10-9-16(23)19-11-5-8-14-6-3-2-4-7-14/h2-4,6-7,12H,5,8-11H2,1H3,(H,19,23). The highest BCUT2D eigenvalue weighted by Crippen LogP contribution is 2.17. The number of carbonyl (C=O) groups is 1. The highest BCUT2D eigenvalue weighted by molar-refractivity contribution is 5.75. The van der Waals surface area contributed by atoms with E-state index in [9.17, 15) is 4.79 Å². The Kier molecular flexibility index (Phi) is 5.56. The van der Waals surface area contributed by atoms with E-state index < -0.39 is 0 Å². The molecule has 2 aromatic heterocycles. The molecule has 0 aliphatic carbocycles. The molecule has 3 rings (SSSR count). The van der Waals surface area contributed by atoms with Crippen LogP contribution in [0.1, 0.15) is 30.1 Å². The molecule has 2 heterocycles. The van der Waals surface area contributed by atoms with Crippen molar-refractivity contribution in [3.8, 4) is 11.6 Å². The number of nitrogens with one attached hydrogen (secondary N) is 1. The molecular weight excluding hydrogens is 320 g/mol. The van der Waals surface area contributed by atoms with Crippen molar-refractivity contribution < 1.29 is 13.7 Å². The van der Waals surface area contributed by atoms with E-state index in [0.29, 0.717) is 42.6 Å². The average Bonchev–Trinajstić information content (AvgIpc) is 3.26. The third-order valence-electron chi connectivity index (χ3n) is 3.69. The minimum absolute atomic E-state index is 0.0231. The minimum Gasteiger partial charge on any atom is -0.419 e. The first kappa shape index (κ1) is 16.9. The van der Waals surface area contributed by atoms with Crippen LogP contribution in [0.3, 0.4) is 0 Å². The molecule has 1 N–H and O–H groups in total. The summed E-state index contributed by atoms with van der Waals surface area (Å²) in [5, 5.41) is 14.6. The van der Waals surface area contributed by atoms with Gasteiger partial charge >= 0.3 is 0 Å².